The number of fused-ring (bicyclic) bond motifs is 1. The first-order chi connectivity index (χ1) is 13.5. The maximum atomic E-state index is 11.4. The molecule has 5 heteroatoms. The van der Waals surface area contributed by atoms with Gasteiger partial charge in [-0.15, -0.1) is 0 Å². The van der Waals surface area contributed by atoms with Crippen molar-refractivity contribution in [3.05, 3.63) is 41.5 Å². The summed E-state index contributed by atoms with van der Waals surface area (Å²) in [7, 11) is -4.42. The second-order valence-electron chi connectivity index (χ2n) is 7.87. The van der Waals surface area contributed by atoms with E-state index in [9.17, 15) is 13.0 Å². The van der Waals surface area contributed by atoms with Gasteiger partial charge >= 0.3 is 29.6 Å². The van der Waals surface area contributed by atoms with E-state index in [1.807, 2.05) is 12.1 Å². The third kappa shape index (κ3) is 8.70. The molecular formula is C24H35NaO3S. The van der Waals surface area contributed by atoms with E-state index in [1.54, 1.807) is 0 Å². The smallest absolute Gasteiger partial charge is 0.744 e. The molecule has 0 aromatic heterocycles. The standard InChI is InChI=1S/C24H36O3S.Na/c1-3-5-7-9-11-13-20-15-16-21-19-22(28(25,26)27)17-18-24(21)23(20)14-12-10-8-6-4-2;/h15-19H,3-14H2,1-2H3,(H,25,26,27);/q;+1/p-1. The minimum Gasteiger partial charge on any atom is -0.744 e. The number of unbranched alkanes of at least 4 members (excludes halogenated alkanes) is 8. The average Bonchev–Trinajstić information content (AvgIpc) is 2.67. The van der Waals surface area contributed by atoms with Crippen LogP contribution in [0, 0.1) is 0 Å². The topological polar surface area (TPSA) is 57.2 Å². The zero-order valence-electron chi connectivity index (χ0n) is 18.5. The van der Waals surface area contributed by atoms with E-state index in [0.717, 1.165) is 30.0 Å². The minimum atomic E-state index is -4.42. The van der Waals surface area contributed by atoms with Gasteiger partial charge in [0.25, 0.3) is 0 Å². The SMILES string of the molecule is CCCCCCCc1ccc2cc(S(=O)(=O)[O-])ccc2c1CCCCCCC.[Na+]. The van der Waals surface area contributed by atoms with Crippen LogP contribution in [0.3, 0.4) is 0 Å². The van der Waals surface area contributed by atoms with E-state index in [-0.39, 0.29) is 34.5 Å². The molecule has 0 amide bonds. The quantitative estimate of drug-likeness (QED) is 0.278. The molecule has 0 saturated carbocycles. The molecular weight excluding hydrogens is 391 g/mol. The first kappa shape index (κ1) is 26.6. The zero-order valence-corrected chi connectivity index (χ0v) is 21.3. The molecule has 0 aliphatic rings. The van der Waals surface area contributed by atoms with Gasteiger partial charge in [-0.05, 0) is 59.7 Å². The van der Waals surface area contributed by atoms with Gasteiger partial charge in [0, 0.05) is 0 Å². The number of aryl methyl sites for hydroxylation is 2. The molecule has 0 bridgehead atoms. The van der Waals surface area contributed by atoms with Crippen molar-refractivity contribution < 1.29 is 42.5 Å². The van der Waals surface area contributed by atoms with Crippen LogP contribution in [0.1, 0.15) is 89.2 Å². The van der Waals surface area contributed by atoms with E-state index >= 15 is 0 Å². The second-order valence-corrected chi connectivity index (χ2v) is 9.25. The second kappa shape index (κ2) is 13.8. The predicted octanol–water partition coefficient (Wildman–Crippen LogP) is 3.77. The van der Waals surface area contributed by atoms with Crippen molar-refractivity contribution in [2.45, 2.75) is 95.8 Å². The molecule has 0 aliphatic carbocycles. The van der Waals surface area contributed by atoms with Crippen LogP contribution < -0.4 is 29.6 Å². The minimum absolute atomic E-state index is 0. The molecule has 0 N–H and O–H groups in total. The Morgan fingerprint density at radius 2 is 1.34 bits per heavy atom. The van der Waals surface area contributed by atoms with Crippen LogP contribution in [0.5, 0.6) is 0 Å². The van der Waals surface area contributed by atoms with Gasteiger partial charge in [0.05, 0.1) is 4.90 Å². The summed E-state index contributed by atoms with van der Waals surface area (Å²) in [6.07, 6.45) is 14.6. The van der Waals surface area contributed by atoms with E-state index in [1.165, 1.54) is 81.0 Å². The fourth-order valence-electron chi connectivity index (χ4n) is 3.93. The summed E-state index contributed by atoms with van der Waals surface area (Å²) >= 11 is 0. The Morgan fingerprint density at radius 3 is 1.93 bits per heavy atom. The average molecular weight is 427 g/mol. The van der Waals surface area contributed by atoms with Crippen LogP contribution in [0.4, 0.5) is 0 Å². The van der Waals surface area contributed by atoms with Crippen LogP contribution >= 0.6 is 0 Å². The summed E-state index contributed by atoms with van der Waals surface area (Å²) in [5.41, 5.74) is 2.73. The van der Waals surface area contributed by atoms with Crippen LogP contribution in [0.15, 0.2) is 35.2 Å². The Morgan fingerprint density at radius 1 is 0.759 bits per heavy atom. The van der Waals surface area contributed by atoms with Crippen molar-refractivity contribution in [1.29, 1.82) is 0 Å². The van der Waals surface area contributed by atoms with Gasteiger partial charge in [-0.25, -0.2) is 8.42 Å². The number of benzene rings is 2. The molecule has 2 rings (SSSR count). The van der Waals surface area contributed by atoms with Crippen LogP contribution in [0.2, 0.25) is 0 Å². The summed E-state index contributed by atoms with van der Waals surface area (Å²) in [6.45, 7) is 4.46. The van der Waals surface area contributed by atoms with Gasteiger partial charge < -0.3 is 4.55 Å². The summed E-state index contributed by atoms with van der Waals surface area (Å²) in [4.78, 5) is -0.138. The predicted molar refractivity (Wildman–Crippen MR) is 117 cm³/mol. The summed E-state index contributed by atoms with van der Waals surface area (Å²) in [6, 6.07) is 8.96. The molecule has 2 aromatic carbocycles. The van der Waals surface area contributed by atoms with Gasteiger partial charge in [0.2, 0.25) is 0 Å². The number of hydrogen-bond acceptors (Lipinski definition) is 3. The number of rotatable bonds is 13. The van der Waals surface area contributed by atoms with E-state index < -0.39 is 10.1 Å². The van der Waals surface area contributed by atoms with Crippen LogP contribution in [-0.2, 0) is 23.0 Å². The van der Waals surface area contributed by atoms with Crippen molar-refractivity contribution in [3.63, 3.8) is 0 Å². The first-order valence-corrected chi connectivity index (χ1v) is 12.4. The summed E-state index contributed by atoms with van der Waals surface area (Å²) < 4.78 is 34.1. The van der Waals surface area contributed by atoms with Crippen molar-refractivity contribution in [3.8, 4) is 0 Å². The maximum Gasteiger partial charge on any atom is 1.00 e. The van der Waals surface area contributed by atoms with Crippen molar-refractivity contribution in [1.82, 2.24) is 0 Å². The van der Waals surface area contributed by atoms with Gasteiger partial charge in [0.1, 0.15) is 10.1 Å². The molecule has 2 aromatic rings. The van der Waals surface area contributed by atoms with E-state index in [4.69, 9.17) is 0 Å². The fourth-order valence-corrected chi connectivity index (χ4v) is 4.43. The van der Waals surface area contributed by atoms with E-state index in [0.29, 0.717) is 0 Å². The molecule has 156 valence electrons. The molecule has 29 heavy (non-hydrogen) atoms. The van der Waals surface area contributed by atoms with Crippen molar-refractivity contribution >= 4 is 20.9 Å². The molecule has 0 fully saturated rings. The molecule has 0 unspecified atom stereocenters. The van der Waals surface area contributed by atoms with Gasteiger partial charge in [0.15, 0.2) is 0 Å². The Kier molecular flexibility index (Phi) is 12.7. The molecule has 0 radical (unpaired) electrons. The summed E-state index contributed by atoms with van der Waals surface area (Å²) in [5.74, 6) is 0. The van der Waals surface area contributed by atoms with Crippen LogP contribution in [-0.4, -0.2) is 13.0 Å². The van der Waals surface area contributed by atoms with Crippen LogP contribution in [0.25, 0.3) is 10.8 Å². The summed E-state index contributed by atoms with van der Waals surface area (Å²) in [5, 5.41) is 1.96. The third-order valence-electron chi connectivity index (χ3n) is 5.57. The molecule has 0 heterocycles. The Labute approximate surface area is 199 Å². The molecule has 0 atom stereocenters. The monoisotopic (exact) mass is 426 g/mol. The molecule has 0 spiro atoms. The largest absolute Gasteiger partial charge is 1.00 e. The normalized spacial score (nSPS) is 11.6. The van der Waals surface area contributed by atoms with Gasteiger partial charge in [-0.3, -0.25) is 0 Å². The maximum absolute atomic E-state index is 11.4. The first-order valence-electron chi connectivity index (χ1n) is 11.0. The van der Waals surface area contributed by atoms with Crippen molar-refractivity contribution in [2.24, 2.45) is 0 Å². The van der Waals surface area contributed by atoms with Crippen molar-refractivity contribution in [2.75, 3.05) is 0 Å². The Balaban J connectivity index is 0.00000420. The number of hydrogen-bond donors (Lipinski definition) is 0. The Bertz CT molecular complexity index is 847. The third-order valence-corrected chi connectivity index (χ3v) is 6.40. The zero-order chi connectivity index (χ0) is 20.4. The molecule has 0 saturated heterocycles. The van der Waals surface area contributed by atoms with E-state index in [2.05, 4.69) is 19.9 Å². The Hall–Kier alpha value is -0.390. The molecule has 0 aliphatic heterocycles. The molecule has 3 nitrogen and oxygen atoms in total. The van der Waals surface area contributed by atoms with Gasteiger partial charge in [-0.2, -0.15) is 0 Å². The fraction of sp³-hybridized carbons (Fsp3) is 0.583. The van der Waals surface area contributed by atoms with Gasteiger partial charge in [-0.1, -0.05) is 83.4 Å².